The van der Waals surface area contributed by atoms with Crippen LogP contribution in [0.3, 0.4) is 0 Å². The van der Waals surface area contributed by atoms with Crippen LogP contribution in [0.25, 0.3) is 5.69 Å². The van der Waals surface area contributed by atoms with E-state index in [1.54, 1.807) is 0 Å². The lowest BCUT2D eigenvalue weighted by molar-refractivity contribution is 0.0954. The molecule has 0 fully saturated rings. The molecule has 4 nitrogen and oxygen atoms in total. The maximum Gasteiger partial charge on any atom is 0.253 e. The van der Waals surface area contributed by atoms with Gasteiger partial charge in [-0.05, 0) is 32.0 Å². The molecule has 0 unspecified atom stereocenters. The maximum absolute atomic E-state index is 12.0. The van der Waals surface area contributed by atoms with Crippen LogP contribution in [0.2, 0.25) is 0 Å². The molecule has 0 bridgehead atoms. The van der Waals surface area contributed by atoms with Gasteiger partial charge in [-0.1, -0.05) is 18.2 Å². The first-order valence-corrected chi connectivity index (χ1v) is 6.37. The maximum atomic E-state index is 12.0. The van der Waals surface area contributed by atoms with E-state index >= 15 is 0 Å². The fourth-order valence-corrected chi connectivity index (χ4v) is 2.25. The van der Waals surface area contributed by atoms with E-state index in [0.717, 1.165) is 17.1 Å². The van der Waals surface area contributed by atoms with Crippen LogP contribution < -0.4 is 11.1 Å². The third kappa shape index (κ3) is 3.21. The van der Waals surface area contributed by atoms with E-state index in [1.165, 1.54) is 0 Å². The Morgan fingerprint density at radius 2 is 1.90 bits per heavy atom. The summed E-state index contributed by atoms with van der Waals surface area (Å²) >= 11 is 0. The highest BCUT2D eigenvalue weighted by Gasteiger charge is 2.15. The largest absolute Gasteiger partial charge is 0.351 e. The summed E-state index contributed by atoms with van der Waals surface area (Å²) in [4.78, 5) is 12.0. The number of rotatable bonds is 4. The molecule has 0 atom stereocenters. The number of amides is 1. The number of nitrogens with one attached hydrogen (secondary N) is 1. The molecule has 0 aliphatic carbocycles. The lowest BCUT2D eigenvalue weighted by Crippen LogP contribution is -2.29. The minimum absolute atomic E-state index is 0. The van der Waals surface area contributed by atoms with Crippen LogP contribution in [-0.4, -0.2) is 23.6 Å². The second-order valence-corrected chi connectivity index (χ2v) is 4.50. The van der Waals surface area contributed by atoms with Crippen molar-refractivity contribution in [1.29, 1.82) is 0 Å². The number of aryl methyl sites for hydroxylation is 1. The van der Waals surface area contributed by atoms with Gasteiger partial charge in [0.05, 0.1) is 5.56 Å². The van der Waals surface area contributed by atoms with Crippen LogP contribution >= 0.6 is 12.4 Å². The standard InChI is InChI=1S/C15H19N3O.ClH/c1-11-10-14(15(19)17-9-8-16)12(2)18(11)13-6-4-3-5-7-13;/h3-7,10H,8-9,16H2,1-2H3,(H,17,19);1H. The number of carbonyl (C=O) groups is 1. The molecule has 0 aliphatic rings. The van der Waals surface area contributed by atoms with Crippen molar-refractivity contribution in [2.75, 3.05) is 13.1 Å². The van der Waals surface area contributed by atoms with Gasteiger partial charge in [-0.15, -0.1) is 12.4 Å². The van der Waals surface area contributed by atoms with Crippen molar-refractivity contribution >= 4 is 18.3 Å². The molecule has 108 valence electrons. The number of aromatic nitrogens is 1. The number of hydrogen-bond acceptors (Lipinski definition) is 2. The van der Waals surface area contributed by atoms with Crippen molar-refractivity contribution in [2.24, 2.45) is 5.73 Å². The highest BCUT2D eigenvalue weighted by molar-refractivity contribution is 5.95. The third-order valence-electron chi connectivity index (χ3n) is 3.12. The summed E-state index contributed by atoms with van der Waals surface area (Å²) in [5, 5.41) is 2.80. The first-order valence-electron chi connectivity index (χ1n) is 6.37. The van der Waals surface area contributed by atoms with Crippen LogP contribution in [0.5, 0.6) is 0 Å². The van der Waals surface area contributed by atoms with Crippen molar-refractivity contribution in [3.63, 3.8) is 0 Å². The molecular weight excluding hydrogens is 274 g/mol. The average molecular weight is 294 g/mol. The fourth-order valence-electron chi connectivity index (χ4n) is 2.25. The average Bonchev–Trinajstić information content (AvgIpc) is 2.72. The van der Waals surface area contributed by atoms with Crippen LogP contribution in [0.4, 0.5) is 0 Å². The number of hydrogen-bond donors (Lipinski definition) is 2. The Balaban J connectivity index is 0.00000200. The van der Waals surface area contributed by atoms with Gasteiger partial charge in [-0.25, -0.2) is 0 Å². The van der Waals surface area contributed by atoms with E-state index in [9.17, 15) is 4.79 Å². The van der Waals surface area contributed by atoms with Gasteiger partial charge in [0.1, 0.15) is 0 Å². The predicted octanol–water partition coefficient (Wildman–Crippen LogP) is 2.20. The Kier molecular flexibility index (Phi) is 5.80. The predicted molar refractivity (Wildman–Crippen MR) is 83.9 cm³/mol. The van der Waals surface area contributed by atoms with E-state index in [4.69, 9.17) is 5.73 Å². The molecular formula is C15H20ClN3O. The molecule has 0 spiro atoms. The second kappa shape index (κ2) is 7.12. The zero-order valence-corrected chi connectivity index (χ0v) is 12.5. The topological polar surface area (TPSA) is 60.1 Å². The summed E-state index contributed by atoms with van der Waals surface area (Å²) in [7, 11) is 0. The lowest BCUT2D eigenvalue weighted by atomic mass is 10.2. The van der Waals surface area contributed by atoms with E-state index in [-0.39, 0.29) is 18.3 Å². The van der Waals surface area contributed by atoms with Gasteiger partial charge >= 0.3 is 0 Å². The third-order valence-corrected chi connectivity index (χ3v) is 3.12. The van der Waals surface area contributed by atoms with Crippen LogP contribution in [-0.2, 0) is 0 Å². The van der Waals surface area contributed by atoms with Crippen LogP contribution in [0.15, 0.2) is 36.4 Å². The Bertz CT molecular complexity index is 578. The molecule has 0 aliphatic heterocycles. The number of para-hydroxylation sites is 1. The van der Waals surface area contributed by atoms with Crippen LogP contribution in [0.1, 0.15) is 21.7 Å². The number of nitrogens with two attached hydrogens (primary N) is 1. The van der Waals surface area contributed by atoms with Gasteiger partial charge in [-0.2, -0.15) is 0 Å². The molecule has 20 heavy (non-hydrogen) atoms. The van der Waals surface area contributed by atoms with E-state index in [0.29, 0.717) is 18.7 Å². The van der Waals surface area contributed by atoms with E-state index in [2.05, 4.69) is 9.88 Å². The molecule has 0 saturated carbocycles. The normalized spacial score (nSPS) is 9.95. The quantitative estimate of drug-likeness (QED) is 0.908. The van der Waals surface area contributed by atoms with Gasteiger partial charge < -0.3 is 15.6 Å². The second-order valence-electron chi connectivity index (χ2n) is 4.50. The Morgan fingerprint density at radius 1 is 1.25 bits per heavy atom. The summed E-state index contributed by atoms with van der Waals surface area (Å²) in [6.07, 6.45) is 0. The molecule has 5 heteroatoms. The molecule has 1 amide bonds. The van der Waals surface area contributed by atoms with Crippen molar-refractivity contribution < 1.29 is 4.79 Å². The number of carbonyl (C=O) groups excluding carboxylic acids is 1. The lowest BCUT2D eigenvalue weighted by Gasteiger charge is -2.09. The summed E-state index contributed by atoms with van der Waals surface area (Å²) in [5.74, 6) is -0.0688. The van der Waals surface area contributed by atoms with Gasteiger partial charge in [0.2, 0.25) is 0 Å². The Hall–Kier alpha value is -1.78. The van der Waals surface area contributed by atoms with E-state index < -0.39 is 0 Å². The molecule has 0 saturated heterocycles. The first kappa shape index (κ1) is 16.3. The molecule has 2 rings (SSSR count). The smallest absolute Gasteiger partial charge is 0.253 e. The van der Waals surface area contributed by atoms with Crippen molar-refractivity contribution in [3.05, 3.63) is 53.3 Å². The van der Waals surface area contributed by atoms with Gasteiger partial charge in [-0.3, -0.25) is 4.79 Å². The molecule has 1 aromatic heterocycles. The van der Waals surface area contributed by atoms with Crippen LogP contribution in [0, 0.1) is 13.8 Å². The van der Waals surface area contributed by atoms with E-state index in [1.807, 2.05) is 50.2 Å². The molecule has 1 aromatic carbocycles. The Morgan fingerprint density at radius 3 is 2.50 bits per heavy atom. The van der Waals surface area contributed by atoms with Gasteiger partial charge in [0.15, 0.2) is 0 Å². The first-order chi connectivity index (χ1) is 9.15. The van der Waals surface area contributed by atoms with Crippen molar-refractivity contribution in [1.82, 2.24) is 9.88 Å². The summed E-state index contributed by atoms with van der Waals surface area (Å²) in [5.41, 5.74) is 9.15. The minimum atomic E-state index is -0.0688. The number of benzene rings is 1. The molecule has 3 N–H and O–H groups in total. The Labute approximate surface area is 125 Å². The summed E-state index contributed by atoms with van der Waals surface area (Å²) in [6, 6.07) is 11.9. The van der Waals surface area contributed by atoms with Gasteiger partial charge in [0.25, 0.3) is 5.91 Å². The highest BCUT2D eigenvalue weighted by Crippen LogP contribution is 2.20. The van der Waals surface area contributed by atoms with Crippen molar-refractivity contribution in [3.8, 4) is 5.69 Å². The highest BCUT2D eigenvalue weighted by atomic mass is 35.5. The van der Waals surface area contributed by atoms with Gasteiger partial charge in [0, 0.05) is 30.2 Å². The molecule has 0 radical (unpaired) electrons. The SMILES string of the molecule is Cc1cc(C(=O)NCCN)c(C)n1-c1ccccc1.Cl. The molecule has 1 heterocycles. The summed E-state index contributed by atoms with van der Waals surface area (Å²) < 4.78 is 2.08. The number of nitrogens with zero attached hydrogens (tertiary/aromatic N) is 1. The summed E-state index contributed by atoms with van der Waals surface area (Å²) in [6.45, 7) is 4.90. The monoisotopic (exact) mass is 293 g/mol. The number of halogens is 1. The fraction of sp³-hybridized carbons (Fsp3) is 0.267. The minimum Gasteiger partial charge on any atom is -0.351 e. The van der Waals surface area contributed by atoms with Crippen molar-refractivity contribution in [2.45, 2.75) is 13.8 Å². The zero-order valence-electron chi connectivity index (χ0n) is 11.7. The molecule has 2 aromatic rings. The zero-order chi connectivity index (χ0) is 13.8.